The molecule has 1 atom stereocenters. The lowest BCUT2D eigenvalue weighted by molar-refractivity contribution is 0.109. The SMILES string of the molecule is COCCN1CCC[C@@H](Cn2cnc3nccnc3c2=O)C1. The van der Waals surface area contributed by atoms with Crippen LogP contribution < -0.4 is 5.56 Å². The summed E-state index contributed by atoms with van der Waals surface area (Å²) in [5.41, 5.74) is 0.651. The Balaban J connectivity index is 1.73. The third-order valence-electron chi connectivity index (χ3n) is 4.13. The number of hydrogen-bond acceptors (Lipinski definition) is 6. The molecule has 2 aromatic rings. The van der Waals surface area contributed by atoms with Crippen LogP contribution in [0.2, 0.25) is 0 Å². The average molecular weight is 303 g/mol. The first kappa shape index (κ1) is 15.1. The van der Waals surface area contributed by atoms with Crippen LogP contribution in [0.1, 0.15) is 12.8 Å². The lowest BCUT2D eigenvalue weighted by Gasteiger charge is -2.32. The smallest absolute Gasteiger partial charge is 0.281 e. The summed E-state index contributed by atoms with van der Waals surface area (Å²) in [6, 6.07) is 0. The van der Waals surface area contributed by atoms with E-state index in [4.69, 9.17) is 4.74 Å². The third kappa shape index (κ3) is 3.31. The molecule has 0 aromatic carbocycles. The molecule has 0 amide bonds. The summed E-state index contributed by atoms with van der Waals surface area (Å²) < 4.78 is 6.81. The van der Waals surface area contributed by atoms with Crippen LogP contribution in [0.3, 0.4) is 0 Å². The normalized spacial score (nSPS) is 19.6. The topological polar surface area (TPSA) is 73.1 Å². The van der Waals surface area contributed by atoms with Crippen molar-refractivity contribution in [2.45, 2.75) is 19.4 Å². The molecule has 0 spiro atoms. The standard InChI is InChI=1S/C15H21N5O2/c1-22-8-7-19-6-2-3-12(9-19)10-20-11-18-14-13(15(20)21)16-4-5-17-14/h4-5,11-12H,2-3,6-10H2,1H3/t12-/m1/s1. The van der Waals surface area contributed by atoms with Crippen LogP contribution in [0.5, 0.6) is 0 Å². The largest absolute Gasteiger partial charge is 0.383 e. The molecule has 0 N–H and O–H groups in total. The fourth-order valence-corrected chi connectivity index (χ4v) is 3.02. The van der Waals surface area contributed by atoms with Gasteiger partial charge in [-0.3, -0.25) is 9.36 Å². The third-order valence-corrected chi connectivity index (χ3v) is 4.13. The number of ether oxygens (including phenoxy) is 1. The van der Waals surface area contributed by atoms with E-state index in [-0.39, 0.29) is 5.56 Å². The summed E-state index contributed by atoms with van der Waals surface area (Å²) in [5.74, 6) is 0.458. The molecule has 2 aromatic heterocycles. The molecule has 0 unspecified atom stereocenters. The number of nitrogens with zero attached hydrogens (tertiary/aromatic N) is 5. The van der Waals surface area contributed by atoms with E-state index in [1.807, 2.05) is 0 Å². The summed E-state index contributed by atoms with van der Waals surface area (Å²) in [6.07, 6.45) is 6.96. The van der Waals surface area contributed by atoms with E-state index in [0.29, 0.717) is 23.6 Å². The van der Waals surface area contributed by atoms with Gasteiger partial charge in [-0.05, 0) is 25.3 Å². The molecule has 22 heavy (non-hydrogen) atoms. The number of methoxy groups -OCH3 is 1. The van der Waals surface area contributed by atoms with Gasteiger partial charge in [-0.15, -0.1) is 0 Å². The van der Waals surface area contributed by atoms with Gasteiger partial charge in [0.15, 0.2) is 11.2 Å². The van der Waals surface area contributed by atoms with Crippen molar-refractivity contribution in [3.63, 3.8) is 0 Å². The Morgan fingerprint density at radius 3 is 3.05 bits per heavy atom. The molecule has 7 nitrogen and oxygen atoms in total. The fraction of sp³-hybridized carbons (Fsp3) is 0.600. The lowest BCUT2D eigenvalue weighted by atomic mass is 9.98. The number of hydrogen-bond donors (Lipinski definition) is 0. The number of fused-ring (bicyclic) bond motifs is 1. The average Bonchev–Trinajstić information content (AvgIpc) is 2.56. The second-order valence-corrected chi connectivity index (χ2v) is 5.73. The van der Waals surface area contributed by atoms with E-state index in [0.717, 1.165) is 39.1 Å². The highest BCUT2D eigenvalue weighted by molar-refractivity contribution is 5.66. The second kappa shape index (κ2) is 6.93. The number of piperidine rings is 1. The van der Waals surface area contributed by atoms with Crippen molar-refractivity contribution in [1.29, 1.82) is 0 Å². The second-order valence-electron chi connectivity index (χ2n) is 5.73. The van der Waals surface area contributed by atoms with Gasteiger partial charge in [0.05, 0.1) is 6.61 Å². The molecule has 1 aliphatic rings. The zero-order chi connectivity index (χ0) is 15.4. The zero-order valence-corrected chi connectivity index (χ0v) is 12.8. The highest BCUT2D eigenvalue weighted by Crippen LogP contribution is 2.17. The van der Waals surface area contributed by atoms with Crippen molar-refractivity contribution < 1.29 is 4.74 Å². The van der Waals surface area contributed by atoms with Gasteiger partial charge in [0.1, 0.15) is 6.33 Å². The Morgan fingerprint density at radius 2 is 2.18 bits per heavy atom. The van der Waals surface area contributed by atoms with Gasteiger partial charge in [0.25, 0.3) is 5.56 Å². The van der Waals surface area contributed by atoms with Gasteiger partial charge in [-0.1, -0.05) is 0 Å². The predicted molar refractivity (Wildman–Crippen MR) is 82.6 cm³/mol. The number of rotatable bonds is 5. The van der Waals surface area contributed by atoms with Gasteiger partial charge in [0.2, 0.25) is 0 Å². The Labute approximate surface area is 129 Å². The first-order chi connectivity index (χ1) is 10.8. The van der Waals surface area contributed by atoms with Crippen LogP contribution in [-0.2, 0) is 11.3 Å². The quantitative estimate of drug-likeness (QED) is 0.803. The van der Waals surface area contributed by atoms with E-state index in [2.05, 4.69) is 19.9 Å². The summed E-state index contributed by atoms with van der Waals surface area (Å²) in [4.78, 5) is 27.2. The molecular formula is C15H21N5O2. The molecule has 1 fully saturated rings. The maximum atomic E-state index is 12.4. The van der Waals surface area contributed by atoms with Crippen LogP contribution in [0.15, 0.2) is 23.5 Å². The molecule has 3 rings (SSSR count). The Kier molecular flexibility index (Phi) is 4.74. The molecule has 1 saturated heterocycles. The van der Waals surface area contributed by atoms with Crippen molar-refractivity contribution in [3.05, 3.63) is 29.1 Å². The predicted octanol–water partition coefficient (Wildman–Crippen LogP) is 0.545. The van der Waals surface area contributed by atoms with Gasteiger partial charge >= 0.3 is 0 Å². The molecule has 0 radical (unpaired) electrons. The van der Waals surface area contributed by atoms with Crippen LogP contribution in [0, 0.1) is 5.92 Å². The minimum atomic E-state index is -0.105. The highest BCUT2D eigenvalue weighted by atomic mass is 16.5. The molecule has 3 heterocycles. The van der Waals surface area contributed by atoms with E-state index in [1.165, 1.54) is 6.20 Å². The van der Waals surface area contributed by atoms with Crippen LogP contribution in [-0.4, -0.2) is 57.8 Å². The monoisotopic (exact) mass is 303 g/mol. The summed E-state index contributed by atoms with van der Waals surface area (Å²) >= 11 is 0. The van der Waals surface area contributed by atoms with Crippen molar-refractivity contribution in [3.8, 4) is 0 Å². The maximum Gasteiger partial charge on any atom is 0.281 e. The van der Waals surface area contributed by atoms with Gasteiger partial charge < -0.3 is 9.64 Å². The minimum absolute atomic E-state index is 0.105. The van der Waals surface area contributed by atoms with Gasteiger partial charge in [-0.2, -0.15) is 0 Å². The first-order valence-corrected chi connectivity index (χ1v) is 7.65. The van der Waals surface area contributed by atoms with Crippen LogP contribution in [0.25, 0.3) is 11.2 Å². The molecular weight excluding hydrogens is 282 g/mol. The lowest BCUT2D eigenvalue weighted by Crippen LogP contribution is -2.40. The van der Waals surface area contributed by atoms with Gasteiger partial charge in [-0.25, -0.2) is 15.0 Å². The molecule has 0 saturated carbocycles. The van der Waals surface area contributed by atoms with Crippen molar-refractivity contribution in [1.82, 2.24) is 24.4 Å². The molecule has 118 valence electrons. The first-order valence-electron chi connectivity index (χ1n) is 7.65. The van der Waals surface area contributed by atoms with Gasteiger partial charge in [0, 0.05) is 39.1 Å². The maximum absolute atomic E-state index is 12.4. The van der Waals surface area contributed by atoms with Crippen LogP contribution in [0.4, 0.5) is 0 Å². The number of likely N-dealkylation sites (tertiary alicyclic amines) is 1. The van der Waals surface area contributed by atoms with E-state index in [9.17, 15) is 4.79 Å². The highest BCUT2D eigenvalue weighted by Gasteiger charge is 2.20. The van der Waals surface area contributed by atoms with Crippen molar-refractivity contribution in [2.75, 3.05) is 33.4 Å². The van der Waals surface area contributed by atoms with E-state index < -0.39 is 0 Å². The fourth-order valence-electron chi connectivity index (χ4n) is 3.02. The number of aromatic nitrogens is 4. The molecule has 0 bridgehead atoms. The van der Waals surface area contributed by atoms with Crippen LogP contribution >= 0.6 is 0 Å². The molecule has 7 heteroatoms. The van der Waals surface area contributed by atoms with E-state index in [1.54, 1.807) is 24.2 Å². The Bertz CT molecular complexity index is 687. The molecule has 0 aliphatic carbocycles. The summed E-state index contributed by atoms with van der Waals surface area (Å²) in [6.45, 7) is 4.48. The Hall–Kier alpha value is -1.86. The van der Waals surface area contributed by atoms with Crippen molar-refractivity contribution >= 4 is 11.2 Å². The minimum Gasteiger partial charge on any atom is -0.383 e. The molecule has 1 aliphatic heterocycles. The van der Waals surface area contributed by atoms with Crippen molar-refractivity contribution in [2.24, 2.45) is 5.92 Å². The summed E-state index contributed by atoms with van der Waals surface area (Å²) in [5, 5.41) is 0. The van der Waals surface area contributed by atoms with E-state index >= 15 is 0 Å². The summed E-state index contributed by atoms with van der Waals surface area (Å²) in [7, 11) is 1.72. The Morgan fingerprint density at radius 1 is 1.32 bits per heavy atom. The zero-order valence-electron chi connectivity index (χ0n) is 12.8.